The second kappa shape index (κ2) is 13.6. The number of hydrogen-bond donors (Lipinski definition) is 2. The molecule has 0 radical (unpaired) electrons. The van der Waals surface area contributed by atoms with E-state index < -0.39 is 20.2 Å². The summed E-state index contributed by atoms with van der Waals surface area (Å²) in [7, 11) is -5.38. The molecule has 0 bridgehead atoms. The Morgan fingerprint density at radius 1 is 0.895 bits per heavy atom. The zero-order valence-corrected chi connectivity index (χ0v) is 22.6. The lowest BCUT2D eigenvalue weighted by molar-refractivity contribution is 0.174. The molecule has 4 heterocycles. The van der Waals surface area contributed by atoms with Crippen molar-refractivity contribution < 1.29 is 46.4 Å². The number of fused-ring (bicyclic) bond motifs is 2. The van der Waals surface area contributed by atoms with Crippen molar-refractivity contribution in [2.75, 3.05) is 50.4 Å². The number of imidazole rings is 1. The molecule has 2 aromatic heterocycles. The number of nitrogens with zero attached hydrogens (tertiary/aromatic N) is 6. The summed E-state index contributed by atoms with van der Waals surface area (Å²) in [5.41, 5.74) is 2.99. The van der Waals surface area contributed by atoms with Crippen LogP contribution in [0.3, 0.4) is 0 Å². The molecule has 2 aliphatic heterocycles. The van der Waals surface area contributed by atoms with Gasteiger partial charge in [-0.25, -0.2) is 15.0 Å². The van der Waals surface area contributed by atoms with Crippen LogP contribution in [0.25, 0.3) is 11.2 Å². The SMILES string of the molecule is CS(=O)(=O)O.CS(=O)(=O)O.Cn1cnc2c(N3CCN(Cc4ccc5c(c4)OCO5)CC3)ncnc21.O.O. The number of aromatic nitrogens is 4. The second-order valence-electron chi connectivity index (χ2n) is 8.14. The predicted molar refractivity (Wildman–Crippen MR) is 139 cm³/mol. The van der Waals surface area contributed by atoms with Crippen molar-refractivity contribution in [1.29, 1.82) is 0 Å². The Labute approximate surface area is 219 Å². The molecule has 3 aromatic rings. The minimum atomic E-state index is -3.67. The average molecular weight is 581 g/mol. The van der Waals surface area contributed by atoms with E-state index in [4.69, 9.17) is 18.6 Å². The van der Waals surface area contributed by atoms with E-state index in [9.17, 15) is 16.8 Å². The van der Waals surface area contributed by atoms with E-state index in [1.807, 2.05) is 17.7 Å². The Morgan fingerprint density at radius 3 is 2.08 bits per heavy atom. The normalized spacial score (nSPS) is 14.8. The first-order valence-electron chi connectivity index (χ1n) is 10.6. The van der Waals surface area contributed by atoms with Crippen LogP contribution in [-0.2, 0) is 33.8 Å². The van der Waals surface area contributed by atoms with Crippen LogP contribution in [0.15, 0.2) is 30.9 Å². The third-order valence-electron chi connectivity index (χ3n) is 4.99. The molecule has 0 unspecified atom stereocenters. The predicted octanol–water partition coefficient (Wildman–Crippen LogP) is -1.23. The van der Waals surface area contributed by atoms with Crippen molar-refractivity contribution in [3.8, 4) is 11.5 Å². The van der Waals surface area contributed by atoms with E-state index >= 15 is 0 Å². The van der Waals surface area contributed by atoms with Gasteiger partial charge >= 0.3 is 0 Å². The zero-order chi connectivity index (χ0) is 26.5. The van der Waals surface area contributed by atoms with E-state index in [-0.39, 0.29) is 11.0 Å². The molecule has 2 aliphatic rings. The Balaban J connectivity index is 0.000000521. The van der Waals surface area contributed by atoms with E-state index in [1.54, 1.807) is 12.7 Å². The van der Waals surface area contributed by atoms with E-state index in [1.165, 1.54) is 5.56 Å². The minimum absolute atomic E-state index is 0. The molecule has 0 saturated carbocycles. The molecule has 16 nitrogen and oxygen atoms in total. The van der Waals surface area contributed by atoms with Crippen LogP contribution in [0.5, 0.6) is 11.5 Å². The van der Waals surface area contributed by atoms with Gasteiger partial charge in [0.2, 0.25) is 6.79 Å². The van der Waals surface area contributed by atoms with Crippen molar-refractivity contribution in [1.82, 2.24) is 24.4 Å². The van der Waals surface area contributed by atoms with E-state index in [0.717, 1.165) is 61.2 Å². The lowest BCUT2D eigenvalue weighted by atomic mass is 10.1. The maximum absolute atomic E-state index is 9.19. The summed E-state index contributed by atoms with van der Waals surface area (Å²) in [6.45, 7) is 5.03. The van der Waals surface area contributed by atoms with Crippen molar-refractivity contribution in [3.05, 3.63) is 36.4 Å². The van der Waals surface area contributed by atoms with Gasteiger partial charge in [-0.15, -0.1) is 0 Å². The maximum Gasteiger partial charge on any atom is 0.261 e. The monoisotopic (exact) mass is 580 g/mol. The molecule has 0 amide bonds. The first kappa shape index (κ1) is 32.9. The highest BCUT2D eigenvalue weighted by molar-refractivity contribution is 7.85. The largest absolute Gasteiger partial charge is 0.454 e. The van der Waals surface area contributed by atoms with Gasteiger partial charge in [-0.1, -0.05) is 6.07 Å². The lowest BCUT2D eigenvalue weighted by Gasteiger charge is -2.35. The molecule has 1 aromatic carbocycles. The van der Waals surface area contributed by atoms with Gasteiger partial charge in [0.25, 0.3) is 20.2 Å². The number of hydrogen-bond acceptors (Lipinski definition) is 11. The summed E-state index contributed by atoms with van der Waals surface area (Å²) in [5.74, 6) is 2.61. The highest BCUT2D eigenvalue weighted by atomic mass is 32.2. The molecule has 6 N–H and O–H groups in total. The number of anilines is 1. The smallest absolute Gasteiger partial charge is 0.261 e. The van der Waals surface area contributed by atoms with Crippen LogP contribution >= 0.6 is 0 Å². The fourth-order valence-electron chi connectivity index (χ4n) is 3.58. The van der Waals surface area contributed by atoms with Crippen molar-refractivity contribution >= 4 is 37.2 Å². The Hall–Kier alpha value is -3.13. The molecule has 0 aliphatic carbocycles. The lowest BCUT2D eigenvalue weighted by Crippen LogP contribution is -2.46. The third-order valence-corrected chi connectivity index (χ3v) is 4.99. The van der Waals surface area contributed by atoms with Crippen LogP contribution in [0.2, 0.25) is 0 Å². The summed E-state index contributed by atoms with van der Waals surface area (Å²) in [6, 6.07) is 6.19. The molecule has 0 spiro atoms. The van der Waals surface area contributed by atoms with Crippen LogP contribution in [-0.4, -0.2) is 107 Å². The molecular formula is C20H32N6O10S2. The van der Waals surface area contributed by atoms with Gasteiger partial charge in [0.1, 0.15) is 6.33 Å². The summed E-state index contributed by atoms with van der Waals surface area (Å²) in [4.78, 5) is 18.0. The van der Waals surface area contributed by atoms with Crippen LogP contribution in [0, 0.1) is 0 Å². The topological polar surface area (TPSA) is 240 Å². The number of piperazine rings is 1. The van der Waals surface area contributed by atoms with Crippen molar-refractivity contribution in [3.63, 3.8) is 0 Å². The standard InChI is InChI=1S/C18H20N6O2.2CH4O3S.2H2O/c1-22-11-21-16-17(22)19-10-20-18(16)24-6-4-23(5-7-24)9-13-2-3-14-15(8-13)26-12-25-14;2*1-5(2,3)4;;/h2-3,8,10-11H,4-7,9,12H2,1H3;2*1H3,(H,2,3,4);2*1H2. The van der Waals surface area contributed by atoms with Crippen molar-refractivity contribution in [2.24, 2.45) is 7.05 Å². The highest BCUT2D eigenvalue weighted by Gasteiger charge is 2.22. The van der Waals surface area contributed by atoms with Gasteiger partial charge in [-0.3, -0.25) is 14.0 Å². The average Bonchev–Trinajstić information content (AvgIpc) is 3.38. The second-order valence-corrected chi connectivity index (χ2v) is 11.1. The van der Waals surface area contributed by atoms with Crippen LogP contribution < -0.4 is 14.4 Å². The van der Waals surface area contributed by atoms with Gasteiger partial charge in [0.05, 0.1) is 18.8 Å². The number of rotatable bonds is 3. The fraction of sp³-hybridized carbons (Fsp3) is 0.450. The highest BCUT2D eigenvalue weighted by Crippen LogP contribution is 2.33. The summed E-state index contributed by atoms with van der Waals surface area (Å²) >= 11 is 0. The number of aryl methyl sites for hydroxylation is 1. The van der Waals surface area contributed by atoms with Gasteiger partial charge in [0.15, 0.2) is 28.5 Å². The Kier molecular flexibility index (Phi) is 11.8. The van der Waals surface area contributed by atoms with Crippen LogP contribution in [0.1, 0.15) is 5.56 Å². The Morgan fingerprint density at radius 2 is 1.47 bits per heavy atom. The summed E-state index contributed by atoms with van der Waals surface area (Å²) in [5, 5.41) is 0. The fourth-order valence-corrected chi connectivity index (χ4v) is 3.58. The van der Waals surface area contributed by atoms with E-state index in [0.29, 0.717) is 19.3 Å². The summed E-state index contributed by atoms with van der Waals surface area (Å²) in [6.07, 6.45) is 4.84. The molecule has 0 atom stereocenters. The third kappa shape index (κ3) is 10.3. The maximum atomic E-state index is 9.19. The van der Waals surface area contributed by atoms with Gasteiger partial charge in [-0.05, 0) is 17.7 Å². The molecule has 1 fully saturated rings. The molecule has 1 saturated heterocycles. The number of benzene rings is 1. The molecule has 214 valence electrons. The zero-order valence-electron chi connectivity index (χ0n) is 21.0. The Bertz CT molecular complexity index is 1360. The quantitative estimate of drug-likeness (QED) is 0.345. The number of ether oxygens (including phenoxy) is 2. The van der Waals surface area contributed by atoms with Gasteiger partial charge in [0, 0.05) is 39.8 Å². The summed E-state index contributed by atoms with van der Waals surface area (Å²) < 4.78 is 64.5. The van der Waals surface area contributed by atoms with Crippen LogP contribution in [0.4, 0.5) is 5.82 Å². The van der Waals surface area contributed by atoms with Gasteiger partial charge < -0.3 is 29.9 Å². The molecule has 38 heavy (non-hydrogen) atoms. The van der Waals surface area contributed by atoms with Crippen molar-refractivity contribution in [2.45, 2.75) is 6.54 Å². The molecular weight excluding hydrogens is 548 g/mol. The molecule has 5 rings (SSSR count). The first-order chi connectivity index (χ1) is 16.8. The minimum Gasteiger partial charge on any atom is -0.454 e. The van der Waals surface area contributed by atoms with E-state index in [2.05, 4.69) is 36.9 Å². The first-order valence-corrected chi connectivity index (χ1v) is 14.3. The van der Waals surface area contributed by atoms with Gasteiger partial charge in [-0.2, -0.15) is 16.8 Å². The molecule has 18 heteroatoms.